The molecular formula is C80H114Br2N2O2. The van der Waals surface area contributed by atoms with Gasteiger partial charge in [-0.05, 0) is 112 Å². The molecule has 4 aromatic carbocycles. The summed E-state index contributed by atoms with van der Waals surface area (Å²) in [7, 11) is 0. The normalized spacial score (nSPS) is 14.2. The Hall–Kier alpha value is -3.74. The number of aliphatic imine (C=N–C) groups is 1. The summed E-state index contributed by atoms with van der Waals surface area (Å²) in [6.07, 6.45) is 57.3. The zero-order valence-electron chi connectivity index (χ0n) is 54.6. The van der Waals surface area contributed by atoms with Gasteiger partial charge in [-0.3, -0.25) is 4.79 Å². The van der Waals surface area contributed by atoms with Crippen LogP contribution in [0, 0.1) is 0 Å². The van der Waals surface area contributed by atoms with Crippen LogP contribution in [0.4, 0.5) is 0 Å². The van der Waals surface area contributed by atoms with Gasteiger partial charge in [0.15, 0.2) is 5.88 Å². The summed E-state index contributed by atoms with van der Waals surface area (Å²) in [4.78, 5) is 23.1. The van der Waals surface area contributed by atoms with E-state index in [2.05, 4.69) is 137 Å². The molecular weight excluding hydrogens is 1180 g/mol. The second kappa shape index (κ2) is 36.2. The molecule has 0 saturated heterocycles. The molecule has 0 atom stereocenters. The highest BCUT2D eigenvalue weighted by molar-refractivity contribution is 9.10. The van der Waals surface area contributed by atoms with Crippen LogP contribution < -0.4 is 0 Å². The molecule has 0 unspecified atom stereocenters. The monoisotopic (exact) mass is 1290 g/mol. The van der Waals surface area contributed by atoms with E-state index in [1.54, 1.807) is 0 Å². The average Bonchev–Trinajstić information content (AvgIpc) is 1.60. The number of carbonyl (C=O) groups is 1. The number of fused-ring (bicyclic) bond motifs is 7. The number of carbonyl (C=O) groups excluding carboxylic acids is 1. The van der Waals surface area contributed by atoms with Gasteiger partial charge in [-0.1, -0.05) is 353 Å². The molecule has 5 aromatic rings. The second-order valence-corrected chi connectivity index (χ2v) is 29.0. The van der Waals surface area contributed by atoms with Crippen LogP contribution in [0.1, 0.15) is 354 Å². The van der Waals surface area contributed by atoms with Crippen molar-refractivity contribution < 1.29 is 9.90 Å². The summed E-state index contributed by atoms with van der Waals surface area (Å²) in [5, 5.41) is 12.2. The van der Waals surface area contributed by atoms with Crippen LogP contribution in [-0.2, 0) is 10.8 Å². The van der Waals surface area contributed by atoms with E-state index in [4.69, 9.17) is 4.99 Å². The standard InChI is InChI=1S/C80H114Br2N2O2/c1-5-9-13-17-21-25-29-33-37-41-53-79(54-42-38-34-30-26-22-18-14-10-6-2)69-57-61(45-49-65(69)67-51-47-63(81)59-71(67)79)75-73-74(78(86)83-75)76(84-77(73)85)62-46-50-66-68-52-48-64(82)60-72(68)80(70(66)58-62,55-43-39-35-31-27-23-19-15-11-7-3)56-44-40-36-32-28-24-20-16-12-8-4/h45-52,57-60,83,86H,5-44,53-56H2,1-4H3. The Morgan fingerprint density at radius 1 is 0.360 bits per heavy atom. The number of hydrogen-bond acceptors (Lipinski definition) is 2. The van der Waals surface area contributed by atoms with E-state index in [0.717, 1.165) is 45.8 Å². The van der Waals surface area contributed by atoms with Crippen molar-refractivity contribution in [3.8, 4) is 39.4 Å². The molecule has 1 amide bonds. The van der Waals surface area contributed by atoms with Crippen molar-refractivity contribution in [2.45, 2.75) is 321 Å². The first-order valence-electron chi connectivity index (χ1n) is 36.2. The van der Waals surface area contributed by atoms with E-state index < -0.39 is 0 Å². The molecule has 86 heavy (non-hydrogen) atoms. The lowest BCUT2D eigenvalue weighted by molar-refractivity contribution is 0.101. The Kier molecular flexibility index (Phi) is 28.7. The molecule has 0 bridgehead atoms. The minimum Gasteiger partial charge on any atom is -0.494 e. The number of amides is 1. The molecule has 0 saturated carbocycles. The molecule has 6 heteroatoms. The van der Waals surface area contributed by atoms with Crippen molar-refractivity contribution in [3.05, 3.63) is 121 Å². The third-order valence-electron chi connectivity index (χ3n) is 20.7. The maximum atomic E-state index is 14.7. The van der Waals surface area contributed by atoms with Crippen molar-refractivity contribution in [1.29, 1.82) is 0 Å². The predicted molar refractivity (Wildman–Crippen MR) is 378 cm³/mol. The van der Waals surface area contributed by atoms with Gasteiger partial charge in [0.25, 0.3) is 5.91 Å². The van der Waals surface area contributed by atoms with Gasteiger partial charge in [0.1, 0.15) is 0 Å². The van der Waals surface area contributed by atoms with E-state index >= 15 is 0 Å². The first kappa shape index (κ1) is 68.2. The van der Waals surface area contributed by atoms with Gasteiger partial charge < -0.3 is 10.1 Å². The fraction of sp³-hybridized carbons (Fsp3) is 0.625. The summed E-state index contributed by atoms with van der Waals surface area (Å²) in [6.45, 7) is 9.22. The zero-order chi connectivity index (χ0) is 60.4. The fourth-order valence-corrected chi connectivity index (χ4v) is 16.5. The van der Waals surface area contributed by atoms with Crippen LogP contribution in [0.15, 0.2) is 86.7 Å². The van der Waals surface area contributed by atoms with Crippen LogP contribution in [0.2, 0.25) is 0 Å². The molecule has 0 radical (unpaired) electrons. The molecule has 2 heterocycles. The molecule has 3 aliphatic rings. The van der Waals surface area contributed by atoms with Gasteiger partial charge in [-0.25, -0.2) is 4.99 Å². The largest absolute Gasteiger partial charge is 0.494 e. The number of hydrogen-bond donors (Lipinski definition) is 2. The number of rotatable bonds is 46. The smallest absolute Gasteiger partial charge is 0.280 e. The summed E-state index contributed by atoms with van der Waals surface area (Å²) < 4.78 is 2.28. The third kappa shape index (κ3) is 17.8. The highest BCUT2D eigenvalue weighted by Gasteiger charge is 2.45. The zero-order valence-corrected chi connectivity index (χ0v) is 57.8. The van der Waals surface area contributed by atoms with E-state index in [1.807, 2.05) is 0 Å². The maximum absolute atomic E-state index is 14.7. The van der Waals surface area contributed by atoms with Crippen LogP contribution >= 0.6 is 31.9 Å². The number of aromatic hydroxyl groups is 1. The third-order valence-corrected chi connectivity index (χ3v) is 21.7. The quantitative estimate of drug-likeness (QED) is 0.0381. The molecule has 4 nitrogen and oxygen atoms in total. The molecule has 2 N–H and O–H groups in total. The SMILES string of the molecule is CCCCCCCCCCCCC1(CCCCCCCCCCCC)c2cc(Br)ccc2-c2ccc(C3=NC(=O)c4c(-c5ccc6c(c5)C(CCCCCCCCCCCC)(CCCCCCCCCCCC)c5cc(Br)ccc5-6)[nH]c(O)c43)cc21. The highest BCUT2D eigenvalue weighted by Crippen LogP contribution is 2.58. The first-order valence-corrected chi connectivity index (χ1v) is 37.8. The van der Waals surface area contributed by atoms with Crippen molar-refractivity contribution in [2.24, 2.45) is 4.99 Å². The molecule has 1 aliphatic heterocycles. The van der Waals surface area contributed by atoms with Crippen molar-refractivity contribution in [2.75, 3.05) is 0 Å². The Bertz CT molecular complexity index is 2840. The van der Waals surface area contributed by atoms with E-state index in [0.29, 0.717) is 22.5 Å². The Labute approximate surface area is 540 Å². The molecule has 470 valence electrons. The lowest BCUT2D eigenvalue weighted by Crippen LogP contribution is -2.26. The van der Waals surface area contributed by atoms with Crippen molar-refractivity contribution in [1.82, 2.24) is 4.98 Å². The maximum Gasteiger partial charge on any atom is 0.280 e. The number of unbranched alkanes of at least 4 members (excludes halogenated alkanes) is 36. The van der Waals surface area contributed by atoms with Crippen LogP contribution in [0.3, 0.4) is 0 Å². The number of aromatic nitrogens is 1. The molecule has 1 aromatic heterocycles. The van der Waals surface area contributed by atoms with Gasteiger partial charge in [0, 0.05) is 25.3 Å². The van der Waals surface area contributed by atoms with Gasteiger partial charge in [-0.2, -0.15) is 0 Å². The summed E-state index contributed by atoms with van der Waals surface area (Å²) in [5.41, 5.74) is 14.9. The predicted octanol–water partition coefficient (Wildman–Crippen LogP) is 26.7. The molecule has 0 spiro atoms. The summed E-state index contributed by atoms with van der Waals surface area (Å²) in [5.74, 6) is -0.241. The Balaban J connectivity index is 1.07. The number of benzene rings is 4. The lowest BCUT2D eigenvalue weighted by atomic mass is 9.70. The van der Waals surface area contributed by atoms with Crippen molar-refractivity contribution >= 4 is 43.5 Å². The summed E-state index contributed by atoms with van der Waals surface area (Å²) >= 11 is 7.90. The molecule has 0 fully saturated rings. The van der Waals surface area contributed by atoms with Crippen LogP contribution in [0.5, 0.6) is 5.88 Å². The first-order chi connectivity index (χ1) is 42.2. The second-order valence-electron chi connectivity index (χ2n) is 27.2. The van der Waals surface area contributed by atoms with E-state index in [1.165, 1.54) is 301 Å². The van der Waals surface area contributed by atoms with Crippen LogP contribution in [-0.4, -0.2) is 21.7 Å². The van der Waals surface area contributed by atoms with Crippen LogP contribution in [0.25, 0.3) is 33.5 Å². The molecule has 8 rings (SSSR count). The minimum atomic E-state index is -0.272. The van der Waals surface area contributed by atoms with Gasteiger partial charge in [0.2, 0.25) is 0 Å². The summed E-state index contributed by atoms with van der Waals surface area (Å²) in [6, 6.07) is 27.8. The number of aromatic amines is 1. The lowest BCUT2D eigenvalue weighted by Gasteiger charge is -2.33. The topological polar surface area (TPSA) is 65.5 Å². The number of nitrogens with zero attached hydrogens (tertiary/aromatic N) is 1. The van der Waals surface area contributed by atoms with Crippen molar-refractivity contribution in [3.63, 3.8) is 0 Å². The fourth-order valence-electron chi connectivity index (χ4n) is 15.8. The minimum absolute atomic E-state index is 0.0315. The number of H-pyrrole nitrogens is 1. The Morgan fingerprint density at radius 3 is 0.977 bits per heavy atom. The number of nitrogens with one attached hydrogen (secondary N) is 1. The van der Waals surface area contributed by atoms with E-state index in [-0.39, 0.29) is 22.6 Å². The van der Waals surface area contributed by atoms with Gasteiger partial charge in [0.05, 0.1) is 22.5 Å². The van der Waals surface area contributed by atoms with E-state index in [9.17, 15) is 9.90 Å². The van der Waals surface area contributed by atoms with Gasteiger partial charge in [-0.15, -0.1) is 0 Å². The molecule has 2 aliphatic carbocycles. The highest BCUT2D eigenvalue weighted by atomic mass is 79.9. The Morgan fingerprint density at radius 2 is 0.640 bits per heavy atom. The van der Waals surface area contributed by atoms with Gasteiger partial charge >= 0.3 is 0 Å². The average molecular weight is 1300 g/mol. The number of halogens is 2.